The quantitative estimate of drug-likeness (QED) is 0.745. The van der Waals surface area contributed by atoms with Gasteiger partial charge in [0.05, 0.1) is 19.8 Å². The summed E-state index contributed by atoms with van der Waals surface area (Å²) >= 11 is 0. The van der Waals surface area contributed by atoms with E-state index in [0.717, 1.165) is 17.5 Å². The summed E-state index contributed by atoms with van der Waals surface area (Å²) in [6, 6.07) is 7.13. The summed E-state index contributed by atoms with van der Waals surface area (Å²) in [7, 11) is 3.15. The van der Waals surface area contributed by atoms with Crippen molar-refractivity contribution in [2.75, 3.05) is 27.3 Å². The molecule has 0 atom stereocenters. The van der Waals surface area contributed by atoms with Crippen molar-refractivity contribution in [2.24, 2.45) is 0 Å². The van der Waals surface area contributed by atoms with Crippen LogP contribution in [-0.4, -0.2) is 54.1 Å². The van der Waals surface area contributed by atoms with E-state index in [2.05, 4.69) is 4.98 Å². The number of hydrazine groups is 1. The van der Waals surface area contributed by atoms with Gasteiger partial charge in [-0.15, -0.1) is 0 Å². The van der Waals surface area contributed by atoms with E-state index < -0.39 is 0 Å². The third kappa shape index (κ3) is 3.98. The molecule has 2 heterocycles. The number of benzene rings is 1. The van der Waals surface area contributed by atoms with Crippen molar-refractivity contribution in [3.8, 4) is 11.5 Å². The zero-order valence-electron chi connectivity index (χ0n) is 16.2. The molecule has 7 heteroatoms. The maximum Gasteiger partial charge on any atom is 0.274 e. The Morgan fingerprint density at radius 1 is 1.11 bits per heavy atom. The van der Waals surface area contributed by atoms with Crippen LogP contribution in [0.25, 0.3) is 6.08 Å². The molecule has 28 heavy (non-hydrogen) atoms. The molecule has 0 N–H and O–H groups in total. The van der Waals surface area contributed by atoms with Gasteiger partial charge in [0.1, 0.15) is 11.5 Å². The van der Waals surface area contributed by atoms with Crippen molar-refractivity contribution in [3.05, 3.63) is 59.4 Å². The van der Waals surface area contributed by atoms with E-state index >= 15 is 0 Å². The van der Waals surface area contributed by atoms with Gasteiger partial charge in [0.25, 0.3) is 11.8 Å². The largest absolute Gasteiger partial charge is 0.497 e. The highest BCUT2D eigenvalue weighted by molar-refractivity contribution is 5.99. The Morgan fingerprint density at radius 3 is 2.61 bits per heavy atom. The van der Waals surface area contributed by atoms with Gasteiger partial charge in [-0.25, -0.2) is 10.0 Å². The summed E-state index contributed by atoms with van der Waals surface area (Å²) in [5, 5.41) is 2.96. The van der Waals surface area contributed by atoms with Crippen LogP contribution < -0.4 is 9.47 Å². The summed E-state index contributed by atoms with van der Waals surface area (Å²) in [4.78, 5) is 29.7. The van der Waals surface area contributed by atoms with Crippen LogP contribution in [0.2, 0.25) is 0 Å². The molecule has 0 radical (unpaired) electrons. The Hall–Kier alpha value is -3.35. The van der Waals surface area contributed by atoms with Crippen LogP contribution in [0, 0.1) is 6.92 Å². The van der Waals surface area contributed by atoms with Crippen molar-refractivity contribution in [2.45, 2.75) is 13.3 Å². The number of pyridine rings is 1. The van der Waals surface area contributed by atoms with E-state index in [1.807, 2.05) is 6.92 Å². The van der Waals surface area contributed by atoms with E-state index in [9.17, 15) is 9.59 Å². The lowest BCUT2D eigenvalue weighted by Gasteiger charge is -2.27. The molecule has 1 aliphatic heterocycles. The predicted molar refractivity (Wildman–Crippen MR) is 105 cm³/mol. The fourth-order valence-corrected chi connectivity index (χ4v) is 3.10. The fraction of sp³-hybridized carbons (Fsp3) is 0.286. The summed E-state index contributed by atoms with van der Waals surface area (Å²) in [6.45, 7) is 2.84. The second kappa shape index (κ2) is 8.56. The van der Waals surface area contributed by atoms with Crippen LogP contribution in [0.15, 0.2) is 42.7 Å². The van der Waals surface area contributed by atoms with E-state index in [0.29, 0.717) is 30.2 Å². The van der Waals surface area contributed by atoms with Crippen LogP contribution in [0.3, 0.4) is 0 Å². The minimum atomic E-state index is -0.266. The Bertz CT molecular complexity index is 910. The zero-order chi connectivity index (χ0) is 20.1. The third-order valence-electron chi connectivity index (χ3n) is 4.63. The van der Waals surface area contributed by atoms with Crippen LogP contribution in [0.4, 0.5) is 0 Å². The van der Waals surface area contributed by atoms with E-state index in [-0.39, 0.29) is 11.8 Å². The minimum absolute atomic E-state index is 0.219. The number of ether oxygens (including phenoxy) is 2. The molecule has 1 fully saturated rings. The van der Waals surface area contributed by atoms with Gasteiger partial charge in [-0.2, -0.15) is 0 Å². The number of aromatic nitrogens is 1. The van der Waals surface area contributed by atoms with Crippen molar-refractivity contribution in [3.63, 3.8) is 0 Å². The number of amides is 2. The molecule has 0 unspecified atom stereocenters. The zero-order valence-corrected chi connectivity index (χ0v) is 16.2. The summed E-state index contributed by atoms with van der Waals surface area (Å²) in [6.07, 6.45) is 7.02. The number of nitrogens with zero attached hydrogens (tertiary/aromatic N) is 3. The smallest absolute Gasteiger partial charge is 0.274 e. The predicted octanol–water partition coefficient (Wildman–Crippen LogP) is 2.71. The van der Waals surface area contributed by atoms with Crippen LogP contribution in [0.5, 0.6) is 11.5 Å². The van der Waals surface area contributed by atoms with Crippen LogP contribution in [0.1, 0.15) is 27.9 Å². The average molecular weight is 381 g/mol. The van der Waals surface area contributed by atoms with Gasteiger partial charge < -0.3 is 9.47 Å². The number of hydrogen-bond donors (Lipinski definition) is 0. The van der Waals surface area contributed by atoms with Crippen molar-refractivity contribution in [1.29, 1.82) is 0 Å². The first-order chi connectivity index (χ1) is 13.5. The van der Waals surface area contributed by atoms with Gasteiger partial charge in [0.15, 0.2) is 0 Å². The lowest BCUT2D eigenvalue weighted by Crippen LogP contribution is -2.44. The molecule has 0 bridgehead atoms. The van der Waals surface area contributed by atoms with Gasteiger partial charge in [-0.3, -0.25) is 14.6 Å². The highest BCUT2D eigenvalue weighted by Crippen LogP contribution is 2.25. The molecule has 0 saturated carbocycles. The molecule has 1 aromatic carbocycles. The summed E-state index contributed by atoms with van der Waals surface area (Å²) < 4.78 is 10.6. The fourth-order valence-electron chi connectivity index (χ4n) is 3.10. The Balaban J connectivity index is 1.79. The van der Waals surface area contributed by atoms with Crippen LogP contribution >= 0.6 is 0 Å². The van der Waals surface area contributed by atoms with Gasteiger partial charge in [0.2, 0.25) is 0 Å². The number of hydrogen-bond acceptors (Lipinski definition) is 5. The second-order valence-electron chi connectivity index (χ2n) is 6.38. The second-order valence-corrected chi connectivity index (χ2v) is 6.38. The number of rotatable bonds is 5. The first-order valence-corrected chi connectivity index (χ1v) is 8.99. The molecule has 2 amide bonds. The molecule has 0 spiro atoms. The maximum atomic E-state index is 12.9. The normalized spacial score (nSPS) is 13.8. The lowest BCUT2D eigenvalue weighted by molar-refractivity contribution is -0.134. The standard InChI is InChI=1S/C21H23N3O4/c1-15-9-10-22-14-18(15)21(26)24-12-4-11-23(24)20(25)8-5-16-13-17(27-2)6-7-19(16)28-3/h5-10,13-14H,4,11-12H2,1-3H3/b8-5+. The molecule has 1 aromatic heterocycles. The highest BCUT2D eigenvalue weighted by atomic mass is 16.5. The number of carbonyl (C=O) groups excluding carboxylic acids is 2. The highest BCUT2D eigenvalue weighted by Gasteiger charge is 2.31. The summed E-state index contributed by atoms with van der Waals surface area (Å²) in [5.41, 5.74) is 2.05. The van der Waals surface area contributed by atoms with Crippen molar-refractivity contribution >= 4 is 17.9 Å². The Morgan fingerprint density at radius 2 is 1.89 bits per heavy atom. The molecule has 146 valence electrons. The van der Waals surface area contributed by atoms with Gasteiger partial charge >= 0.3 is 0 Å². The molecule has 1 saturated heterocycles. The maximum absolute atomic E-state index is 12.9. The monoisotopic (exact) mass is 381 g/mol. The van der Waals surface area contributed by atoms with E-state index in [1.54, 1.807) is 50.8 Å². The van der Waals surface area contributed by atoms with Gasteiger partial charge in [0, 0.05) is 37.1 Å². The number of carbonyl (C=O) groups is 2. The Labute approximate surface area is 164 Å². The first-order valence-electron chi connectivity index (χ1n) is 8.99. The summed E-state index contributed by atoms with van der Waals surface area (Å²) in [5.74, 6) is 0.809. The van der Waals surface area contributed by atoms with Crippen molar-refractivity contribution < 1.29 is 19.1 Å². The average Bonchev–Trinajstić information content (AvgIpc) is 3.21. The molecular formula is C21H23N3O4. The molecule has 2 aromatic rings. The first kappa shape index (κ1) is 19.4. The molecule has 1 aliphatic rings. The topological polar surface area (TPSA) is 72.0 Å². The number of aryl methyl sites for hydroxylation is 1. The lowest BCUT2D eigenvalue weighted by atomic mass is 10.1. The number of methoxy groups -OCH3 is 2. The van der Waals surface area contributed by atoms with Crippen molar-refractivity contribution in [1.82, 2.24) is 15.0 Å². The molecule has 0 aliphatic carbocycles. The molecule has 3 rings (SSSR count). The van der Waals surface area contributed by atoms with E-state index in [1.165, 1.54) is 22.3 Å². The SMILES string of the molecule is COc1ccc(OC)c(/C=C/C(=O)N2CCCN2C(=O)c2cnccc2C)c1. The van der Waals surface area contributed by atoms with Gasteiger partial charge in [-0.1, -0.05) is 0 Å². The minimum Gasteiger partial charge on any atom is -0.497 e. The molecule has 7 nitrogen and oxygen atoms in total. The van der Waals surface area contributed by atoms with E-state index in [4.69, 9.17) is 9.47 Å². The Kier molecular flexibility index (Phi) is 5.93. The van der Waals surface area contributed by atoms with Gasteiger partial charge in [-0.05, 0) is 49.2 Å². The molecular weight excluding hydrogens is 358 g/mol. The third-order valence-corrected chi connectivity index (χ3v) is 4.63. The van der Waals surface area contributed by atoms with Crippen LogP contribution in [-0.2, 0) is 4.79 Å².